The number of sulfonamides is 1. The SMILES string of the molecule is Cc1cc(O)c(C(=O)O)cc1S(=O)(=O)NCC(C)S(C)=O. The number of carboxylic acid groups (broad SMARTS) is 1. The van der Waals surface area contributed by atoms with Crippen LogP contribution in [0.25, 0.3) is 0 Å². The van der Waals surface area contributed by atoms with Crippen LogP contribution in [0.1, 0.15) is 22.8 Å². The van der Waals surface area contributed by atoms with Gasteiger partial charge in [0.15, 0.2) is 0 Å². The van der Waals surface area contributed by atoms with Crippen LogP contribution in [0.4, 0.5) is 0 Å². The third-order valence-corrected chi connectivity index (χ3v) is 5.81. The number of carbonyl (C=O) groups is 1. The molecule has 21 heavy (non-hydrogen) atoms. The van der Waals surface area contributed by atoms with Gasteiger partial charge in [0.2, 0.25) is 10.0 Å². The van der Waals surface area contributed by atoms with Gasteiger partial charge in [-0.1, -0.05) is 0 Å². The van der Waals surface area contributed by atoms with Crippen LogP contribution in [0.3, 0.4) is 0 Å². The summed E-state index contributed by atoms with van der Waals surface area (Å²) in [5.74, 6) is -1.92. The fourth-order valence-electron chi connectivity index (χ4n) is 1.56. The lowest BCUT2D eigenvalue weighted by atomic mass is 10.1. The minimum atomic E-state index is -3.95. The van der Waals surface area contributed by atoms with Gasteiger partial charge < -0.3 is 10.2 Å². The van der Waals surface area contributed by atoms with E-state index in [9.17, 15) is 22.5 Å². The largest absolute Gasteiger partial charge is 0.507 e. The third kappa shape index (κ3) is 4.26. The first kappa shape index (κ1) is 17.6. The van der Waals surface area contributed by atoms with Crippen molar-refractivity contribution in [1.29, 1.82) is 0 Å². The fraction of sp³-hybridized carbons (Fsp3) is 0.417. The topological polar surface area (TPSA) is 121 Å². The summed E-state index contributed by atoms with van der Waals surface area (Å²) in [5.41, 5.74) is -0.275. The summed E-state index contributed by atoms with van der Waals surface area (Å²) in [6.45, 7) is 3.04. The van der Waals surface area contributed by atoms with Crippen LogP contribution >= 0.6 is 0 Å². The number of nitrogens with one attached hydrogen (secondary N) is 1. The lowest BCUT2D eigenvalue weighted by Gasteiger charge is -2.13. The Balaban J connectivity index is 3.17. The predicted molar refractivity (Wildman–Crippen MR) is 78.5 cm³/mol. The van der Waals surface area contributed by atoms with Crippen LogP contribution in [-0.4, -0.2) is 46.9 Å². The Bertz CT molecular complexity index is 683. The zero-order valence-corrected chi connectivity index (χ0v) is 13.4. The number of hydrogen-bond acceptors (Lipinski definition) is 5. The van der Waals surface area contributed by atoms with Crippen molar-refractivity contribution in [1.82, 2.24) is 4.72 Å². The summed E-state index contributed by atoms with van der Waals surface area (Å²) in [7, 11) is -5.13. The highest BCUT2D eigenvalue weighted by molar-refractivity contribution is 7.89. The van der Waals surface area contributed by atoms with Gasteiger partial charge in [-0.3, -0.25) is 4.21 Å². The molecule has 2 atom stereocenters. The molecule has 0 fully saturated rings. The highest BCUT2D eigenvalue weighted by atomic mass is 32.2. The van der Waals surface area contributed by atoms with Crippen LogP contribution in [0.15, 0.2) is 17.0 Å². The van der Waals surface area contributed by atoms with Gasteiger partial charge >= 0.3 is 5.97 Å². The molecule has 2 unspecified atom stereocenters. The van der Waals surface area contributed by atoms with Crippen LogP contribution in [0.5, 0.6) is 5.75 Å². The predicted octanol–water partition coefficient (Wildman–Crippen LogP) is 0.444. The van der Waals surface area contributed by atoms with Crippen molar-refractivity contribution >= 4 is 26.8 Å². The number of aryl methyl sites for hydroxylation is 1. The average molecular weight is 335 g/mol. The van der Waals surface area contributed by atoms with Gasteiger partial charge in [-0.15, -0.1) is 0 Å². The van der Waals surface area contributed by atoms with Crippen molar-refractivity contribution in [2.75, 3.05) is 12.8 Å². The van der Waals surface area contributed by atoms with Crippen molar-refractivity contribution in [3.05, 3.63) is 23.3 Å². The van der Waals surface area contributed by atoms with E-state index in [0.717, 1.165) is 12.1 Å². The van der Waals surface area contributed by atoms with E-state index in [4.69, 9.17) is 5.11 Å². The van der Waals surface area contributed by atoms with Crippen molar-refractivity contribution in [3.8, 4) is 5.75 Å². The molecule has 7 nitrogen and oxygen atoms in total. The smallest absolute Gasteiger partial charge is 0.339 e. The quantitative estimate of drug-likeness (QED) is 0.694. The molecule has 0 aliphatic rings. The summed E-state index contributed by atoms with van der Waals surface area (Å²) in [5, 5.41) is 18.1. The van der Waals surface area contributed by atoms with E-state index in [1.807, 2.05) is 0 Å². The molecule has 0 bridgehead atoms. The van der Waals surface area contributed by atoms with Gasteiger partial charge in [-0.2, -0.15) is 0 Å². The molecule has 0 saturated carbocycles. The molecule has 9 heteroatoms. The Labute approximate surface area is 125 Å². The van der Waals surface area contributed by atoms with Crippen molar-refractivity contribution in [2.45, 2.75) is 24.0 Å². The highest BCUT2D eigenvalue weighted by Crippen LogP contribution is 2.25. The first-order chi connectivity index (χ1) is 9.56. The Kier molecular flexibility index (Phi) is 5.48. The zero-order chi connectivity index (χ0) is 16.4. The van der Waals surface area contributed by atoms with Gasteiger partial charge in [0, 0.05) is 28.9 Å². The average Bonchev–Trinajstić information content (AvgIpc) is 2.34. The van der Waals surface area contributed by atoms with E-state index in [1.54, 1.807) is 6.92 Å². The molecule has 0 heterocycles. The van der Waals surface area contributed by atoms with Gasteiger partial charge in [-0.05, 0) is 31.5 Å². The molecular weight excluding hydrogens is 318 g/mol. The lowest BCUT2D eigenvalue weighted by molar-refractivity contribution is 0.0693. The second-order valence-electron chi connectivity index (χ2n) is 4.60. The van der Waals surface area contributed by atoms with Crippen LogP contribution in [0.2, 0.25) is 0 Å². The molecular formula is C12H17NO6S2. The van der Waals surface area contributed by atoms with Crippen LogP contribution < -0.4 is 4.72 Å². The number of hydrogen-bond donors (Lipinski definition) is 3. The Hall–Kier alpha value is -1.45. The van der Waals surface area contributed by atoms with Crippen molar-refractivity contribution in [2.24, 2.45) is 0 Å². The van der Waals surface area contributed by atoms with Gasteiger partial charge in [-0.25, -0.2) is 17.9 Å². The van der Waals surface area contributed by atoms with E-state index in [2.05, 4.69) is 4.72 Å². The van der Waals surface area contributed by atoms with E-state index in [1.165, 1.54) is 13.2 Å². The number of benzene rings is 1. The molecule has 0 amide bonds. The minimum Gasteiger partial charge on any atom is -0.507 e. The molecule has 0 saturated heterocycles. The first-order valence-electron chi connectivity index (χ1n) is 5.95. The number of carboxylic acids is 1. The molecule has 0 radical (unpaired) electrons. The molecule has 0 aliphatic carbocycles. The summed E-state index contributed by atoms with van der Waals surface area (Å²) < 4.78 is 37.9. The van der Waals surface area contributed by atoms with Crippen molar-refractivity contribution in [3.63, 3.8) is 0 Å². The maximum absolute atomic E-state index is 12.2. The number of aromatic hydroxyl groups is 1. The molecule has 0 aromatic heterocycles. The third-order valence-electron chi connectivity index (χ3n) is 2.94. The fourth-order valence-corrected chi connectivity index (χ4v) is 3.36. The Morgan fingerprint density at radius 3 is 2.48 bits per heavy atom. The van der Waals surface area contributed by atoms with Crippen molar-refractivity contribution < 1.29 is 27.6 Å². The molecule has 1 rings (SSSR count). The van der Waals surface area contributed by atoms with Gasteiger partial charge in [0.1, 0.15) is 11.3 Å². The maximum atomic E-state index is 12.2. The lowest BCUT2D eigenvalue weighted by Crippen LogP contribution is -2.33. The summed E-state index contributed by atoms with van der Waals surface area (Å²) in [6.07, 6.45) is 1.47. The van der Waals surface area contributed by atoms with Gasteiger partial charge in [0.05, 0.1) is 4.90 Å². The monoisotopic (exact) mass is 335 g/mol. The molecule has 1 aromatic carbocycles. The maximum Gasteiger partial charge on any atom is 0.339 e. The second kappa shape index (κ2) is 6.54. The van der Waals surface area contributed by atoms with E-state index < -0.39 is 38.1 Å². The van der Waals surface area contributed by atoms with Crippen LogP contribution in [0, 0.1) is 6.92 Å². The second-order valence-corrected chi connectivity index (χ2v) is 8.14. The van der Waals surface area contributed by atoms with E-state index >= 15 is 0 Å². The summed E-state index contributed by atoms with van der Waals surface area (Å²) >= 11 is 0. The normalized spacial score (nSPS) is 14.6. The summed E-state index contributed by atoms with van der Waals surface area (Å²) in [4.78, 5) is 10.7. The Morgan fingerprint density at radius 2 is 2.00 bits per heavy atom. The van der Waals surface area contributed by atoms with Crippen LogP contribution in [-0.2, 0) is 20.8 Å². The number of phenols is 1. The number of rotatable bonds is 6. The molecule has 1 aromatic rings. The Morgan fingerprint density at radius 1 is 1.43 bits per heavy atom. The zero-order valence-electron chi connectivity index (χ0n) is 11.8. The van der Waals surface area contributed by atoms with E-state index in [0.29, 0.717) is 0 Å². The molecule has 0 spiro atoms. The summed E-state index contributed by atoms with van der Waals surface area (Å²) in [6, 6.07) is 1.99. The molecule has 3 N–H and O–H groups in total. The van der Waals surface area contributed by atoms with E-state index in [-0.39, 0.29) is 22.3 Å². The minimum absolute atomic E-state index is 0.0336. The first-order valence-corrected chi connectivity index (χ1v) is 9.05. The van der Waals surface area contributed by atoms with Gasteiger partial charge in [0.25, 0.3) is 0 Å². The molecule has 0 aliphatic heterocycles. The standard InChI is InChI=1S/C12H17NO6S2/c1-7-4-10(14)9(12(15)16)5-11(7)21(18,19)13-6-8(2)20(3)17/h4-5,8,13-14H,6H2,1-3H3,(H,15,16). The molecule has 118 valence electrons. The number of aromatic carboxylic acids is 1. The highest BCUT2D eigenvalue weighted by Gasteiger charge is 2.22.